The van der Waals surface area contributed by atoms with Crippen molar-refractivity contribution in [1.82, 2.24) is 25.3 Å². The largest absolute Gasteiger partial charge is 0.338 e. The lowest BCUT2D eigenvalue weighted by Crippen LogP contribution is -2.59. The molecule has 33 heavy (non-hydrogen) atoms. The molecular formula is C21H22FN7O3S. The van der Waals surface area contributed by atoms with Crippen molar-refractivity contribution in [1.29, 1.82) is 0 Å². The van der Waals surface area contributed by atoms with Gasteiger partial charge in [-0.3, -0.25) is 10.1 Å². The fraction of sp³-hybridized carbons (Fsp3) is 0.381. The lowest BCUT2D eigenvalue weighted by molar-refractivity contribution is -0.130. The lowest BCUT2D eigenvalue weighted by atomic mass is 9.93. The van der Waals surface area contributed by atoms with E-state index >= 15 is 0 Å². The number of urea groups is 1. The number of aromatic nitrogens is 3. The van der Waals surface area contributed by atoms with Gasteiger partial charge in [-0.2, -0.15) is 4.98 Å². The SMILES string of the molecule is CCNC(=O)Nc1nc2c(s1)C1CN(C(C)=O)CC(C2)N1c1nc(-c2ccc(F)cc2)no1. The van der Waals surface area contributed by atoms with Crippen molar-refractivity contribution in [3.05, 3.63) is 40.7 Å². The summed E-state index contributed by atoms with van der Waals surface area (Å²) in [6, 6.07) is 5.57. The van der Waals surface area contributed by atoms with Gasteiger partial charge < -0.3 is 19.6 Å². The number of piperazine rings is 1. The predicted octanol–water partition coefficient (Wildman–Crippen LogP) is 2.81. The molecule has 0 saturated carbocycles. The number of carbonyl (C=O) groups excluding carboxylic acids is 2. The molecule has 1 saturated heterocycles. The molecule has 2 aliphatic rings. The summed E-state index contributed by atoms with van der Waals surface area (Å²) in [6.07, 6.45) is 0.567. The zero-order valence-electron chi connectivity index (χ0n) is 18.0. The second-order valence-electron chi connectivity index (χ2n) is 7.93. The van der Waals surface area contributed by atoms with Crippen molar-refractivity contribution < 1.29 is 18.5 Å². The van der Waals surface area contributed by atoms with Crippen LogP contribution < -0.4 is 15.5 Å². The van der Waals surface area contributed by atoms with Crippen molar-refractivity contribution in [3.8, 4) is 11.4 Å². The van der Waals surface area contributed by atoms with E-state index in [0.29, 0.717) is 48.6 Å². The minimum Gasteiger partial charge on any atom is -0.338 e. The summed E-state index contributed by atoms with van der Waals surface area (Å²) in [5.41, 5.74) is 1.55. The smallest absolute Gasteiger partial charge is 0.325 e. The first-order valence-electron chi connectivity index (χ1n) is 10.6. The van der Waals surface area contributed by atoms with Crippen LogP contribution in [0.2, 0.25) is 0 Å². The molecule has 172 valence electrons. The number of benzene rings is 1. The van der Waals surface area contributed by atoms with Gasteiger partial charge in [-0.25, -0.2) is 14.2 Å². The number of rotatable bonds is 4. The summed E-state index contributed by atoms with van der Waals surface area (Å²) >= 11 is 1.38. The number of fused-ring (bicyclic) bond motifs is 4. The normalized spacial score (nSPS) is 19.2. The van der Waals surface area contributed by atoms with Crippen molar-refractivity contribution in [2.45, 2.75) is 32.4 Å². The number of hydrogen-bond acceptors (Lipinski definition) is 8. The van der Waals surface area contributed by atoms with Crippen LogP contribution in [0.25, 0.3) is 11.4 Å². The molecular weight excluding hydrogens is 449 g/mol. The van der Waals surface area contributed by atoms with Gasteiger partial charge in [0.1, 0.15) is 5.82 Å². The minimum atomic E-state index is -0.341. The van der Waals surface area contributed by atoms with E-state index in [1.807, 2.05) is 16.7 Å². The quantitative estimate of drug-likeness (QED) is 0.601. The first-order valence-corrected chi connectivity index (χ1v) is 11.4. The number of hydrogen-bond donors (Lipinski definition) is 2. The molecule has 1 aromatic carbocycles. The Labute approximate surface area is 192 Å². The van der Waals surface area contributed by atoms with Crippen molar-refractivity contribution in [3.63, 3.8) is 0 Å². The summed E-state index contributed by atoms with van der Waals surface area (Å²) in [5.74, 6) is 0.0168. The van der Waals surface area contributed by atoms with Crippen molar-refractivity contribution >= 4 is 34.4 Å². The minimum absolute atomic E-state index is 0.00387. The highest BCUT2D eigenvalue weighted by Crippen LogP contribution is 2.44. The van der Waals surface area contributed by atoms with E-state index < -0.39 is 0 Å². The maximum Gasteiger partial charge on any atom is 0.325 e. The van der Waals surface area contributed by atoms with Crippen LogP contribution in [0, 0.1) is 5.82 Å². The Morgan fingerprint density at radius 3 is 2.76 bits per heavy atom. The molecule has 2 atom stereocenters. The zero-order valence-corrected chi connectivity index (χ0v) is 18.9. The molecule has 3 amide bonds. The van der Waals surface area contributed by atoms with Crippen LogP contribution in [0.3, 0.4) is 0 Å². The van der Waals surface area contributed by atoms with E-state index in [1.165, 1.54) is 23.5 Å². The predicted molar refractivity (Wildman–Crippen MR) is 119 cm³/mol. The first-order chi connectivity index (χ1) is 15.9. The molecule has 2 bridgehead atoms. The van der Waals surface area contributed by atoms with Gasteiger partial charge in [0.15, 0.2) is 5.13 Å². The lowest BCUT2D eigenvalue weighted by Gasteiger charge is -2.48. The van der Waals surface area contributed by atoms with Gasteiger partial charge in [0, 0.05) is 38.5 Å². The number of amides is 3. The first kappa shape index (κ1) is 21.3. The number of nitrogens with one attached hydrogen (secondary N) is 2. The average Bonchev–Trinajstić information content (AvgIpc) is 3.41. The van der Waals surface area contributed by atoms with Crippen LogP contribution in [0.1, 0.15) is 30.5 Å². The van der Waals surface area contributed by atoms with Gasteiger partial charge >= 0.3 is 12.0 Å². The van der Waals surface area contributed by atoms with E-state index in [2.05, 4.69) is 25.8 Å². The Morgan fingerprint density at radius 2 is 2.03 bits per heavy atom. The number of carbonyl (C=O) groups is 2. The van der Waals surface area contributed by atoms with Gasteiger partial charge in [-0.1, -0.05) is 16.5 Å². The van der Waals surface area contributed by atoms with Gasteiger partial charge in [-0.15, -0.1) is 0 Å². The summed E-state index contributed by atoms with van der Waals surface area (Å²) in [6.45, 7) is 4.84. The van der Waals surface area contributed by atoms with Crippen LogP contribution >= 0.6 is 11.3 Å². The van der Waals surface area contributed by atoms with Gasteiger partial charge in [0.25, 0.3) is 0 Å². The van der Waals surface area contributed by atoms with E-state index in [4.69, 9.17) is 4.52 Å². The Hall–Kier alpha value is -3.54. The number of halogens is 1. The summed E-state index contributed by atoms with van der Waals surface area (Å²) in [7, 11) is 0. The van der Waals surface area contributed by atoms with Crippen LogP contribution in [-0.4, -0.2) is 57.6 Å². The number of thiazole rings is 1. The monoisotopic (exact) mass is 471 g/mol. The van der Waals surface area contributed by atoms with Crippen LogP contribution in [0.5, 0.6) is 0 Å². The Balaban J connectivity index is 1.48. The molecule has 12 heteroatoms. The third-order valence-corrected chi connectivity index (χ3v) is 6.87. The van der Waals surface area contributed by atoms with Crippen molar-refractivity contribution in [2.24, 2.45) is 0 Å². The molecule has 2 N–H and O–H groups in total. The molecule has 4 heterocycles. The van der Waals surface area contributed by atoms with Crippen LogP contribution in [-0.2, 0) is 11.2 Å². The number of anilines is 2. The highest BCUT2D eigenvalue weighted by Gasteiger charge is 2.45. The summed E-state index contributed by atoms with van der Waals surface area (Å²) < 4.78 is 18.9. The molecule has 5 rings (SSSR count). The second-order valence-corrected chi connectivity index (χ2v) is 8.96. The van der Waals surface area contributed by atoms with Crippen LogP contribution in [0.15, 0.2) is 28.8 Å². The third-order valence-electron chi connectivity index (χ3n) is 5.75. The molecule has 0 aliphatic carbocycles. The maximum atomic E-state index is 13.3. The molecule has 2 aromatic heterocycles. The maximum absolute atomic E-state index is 13.3. The third kappa shape index (κ3) is 4.01. The van der Waals surface area contributed by atoms with Gasteiger partial charge in [0.2, 0.25) is 11.7 Å². The second kappa shape index (κ2) is 8.43. The zero-order chi connectivity index (χ0) is 23.1. The Bertz CT molecular complexity index is 1190. The highest BCUT2D eigenvalue weighted by atomic mass is 32.1. The van der Waals surface area contributed by atoms with Gasteiger partial charge in [-0.05, 0) is 31.2 Å². The van der Waals surface area contributed by atoms with E-state index in [9.17, 15) is 14.0 Å². The molecule has 1 fully saturated rings. The van der Waals surface area contributed by atoms with E-state index in [-0.39, 0.29) is 29.8 Å². The fourth-order valence-corrected chi connectivity index (χ4v) is 5.35. The number of nitrogens with zero attached hydrogens (tertiary/aromatic N) is 5. The summed E-state index contributed by atoms with van der Waals surface area (Å²) in [5, 5.41) is 10.1. The van der Waals surface area contributed by atoms with Crippen LogP contribution in [0.4, 0.5) is 20.3 Å². The molecule has 2 aliphatic heterocycles. The summed E-state index contributed by atoms with van der Waals surface area (Å²) in [4.78, 5) is 38.1. The van der Waals surface area contributed by atoms with E-state index in [0.717, 1.165) is 10.6 Å². The average molecular weight is 472 g/mol. The molecule has 2 unspecified atom stereocenters. The topological polar surface area (TPSA) is 116 Å². The molecule has 3 aromatic rings. The molecule has 0 spiro atoms. The molecule has 10 nitrogen and oxygen atoms in total. The van der Waals surface area contributed by atoms with Gasteiger partial charge in [0.05, 0.1) is 22.7 Å². The standard InChI is InChI=1S/C21H22FN7O3S/c1-3-23-19(31)26-20-24-15-8-14-9-28(11(2)30)10-16(17(15)33-20)29(14)21-25-18(27-32-21)12-4-6-13(22)7-5-12/h4-7,14,16H,3,8-10H2,1-2H3,(H2,23,24,26,31). The van der Waals surface area contributed by atoms with E-state index in [1.54, 1.807) is 19.1 Å². The van der Waals surface area contributed by atoms with Crippen molar-refractivity contribution in [2.75, 3.05) is 29.9 Å². The fourth-order valence-electron chi connectivity index (χ4n) is 4.27. The highest BCUT2D eigenvalue weighted by molar-refractivity contribution is 7.16. The Morgan fingerprint density at radius 1 is 1.24 bits per heavy atom. The Kier molecular flexibility index (Phi) is 5.44. The molecule has 0 radical (unpaired) electrons.